The van der Waals surface area contributed by atoms with Crippen LogP contribution in [-0.2, 0) is 25.6 Å². The van der Waals surface area contributed by atoms with E-state index in [9.17, 15) is 5.11 Å². The molecule has 0 aliphatic carbocycles. The lowest BCUT2D eigenvalue weighted by molar-refractivity contribution is -0.255. The first-order valence-electron chi connectivity index (χ1n) is 6.86. The summed E-state index contributed by atoms with van der Waals surface area (Å²) in [6.45, 7) is 4.42. The second kappa shape index (κ2) is 5.42. The predicted molar refractivity (Wildman–Crippen MR) is 70.8 cm³/mol. The van der Waals surface area contributed by atoms with Crippen LogP contribution in [0.3, 0.4) is 0 Å². The number of rotatable bonds is 3. The zero-order chi connectivity index (χ0) is 14.2. The van der Waals surface area contributed by atoms with Crippen LogP contribution in [0.1, 0.15) is 19.4 Å². The zero-order valence-corrected chi connectivity index (χ0v) is 11.7. The average Bonchev–Trinajstić information content (AvgIpc) is 2.75. The van der Waals surface area contributed by atoms with E-state index in [0.29, 0.717) is 13.2 Å². The van der Waals surface area contributed by atoms with Crippen LogP contribution in [0, 0.1) is 0 Å². The van der Waals surface area contributed by atoms with Gasteiger partial charge in [0.25, 0.3) is 0 Å². The van der Waals surface area contributed by atoms with E-state index in [-0.39, 0.29) is 6.10 Å². The Morgan fingerprint density at radius 1 is 1.25 bits per heavy atom. The maximum atomic E-state index is 10.3. The standard InChI is InChI=1S/C15H20O5/c1-15(2)19-11-9-18-14(12(16)13(11)20-15)17-8-10-6-4-3-5-7-10/h3-7,11-14,16H,8-9H2,1-2H3/t11-,12-,13-,14-/m1/s1. The highest BCUT2D eigenvalue weighted by Crippen LogP contribution is 2.34. The van der Waals surface area contributed by atoms with Crippen LogP contribution in [0.25, 0.3) is 0 Å². The molecular weight excluding hydrogens is 260 g/mol. The van der Waals surface area contributed by atoms with E-state index in [4.69, 9.17) is 18.9 Å². The Hall–Kier alpha value is -0.980. The number of aliphatic hydroxyl groups excluding tert-OH is 1. The number of benzene rings is 1. The Bertz CT molecular complexity index is 447. The summed E-state index contributed by atoms with van der Waals surface area (Å²) in [5.74, 6) is -0.687. The number of fused-ring (bicyclic) bond motifs is 1. The van der Waals surface area contributed by atoms with Gasteiger partial charge in [0, 0.05) is 0 Å². The highest BCUT2D eigenvalue weighted by molar-refractivity contribution is 5.13. The van der Waals surface area contributed by atoms with Crippen LogP contribution in [0.2, 0.25) is 0 Å². The van der Waals surface area contributed by atoms with Gasteiger partial charge in [0.05, 0.1) is 13.2 Å². The largest absolute Gasteiger partial charge is 0.385 e. The third-order valence-electron chi connectivity index (χ3n) is 3.52. The lowest BCUT2D eigenvalue weighted by atomic mass is 10.1. The number of hydrogen-bond donors (Lipinski definition) is 1. The quantitative estimate of drug-likeness (QED) is 0.908. The van der Waals surface area contributed by atoms with Crippen LogP contribution in [-0.4, -0.2) is 42.1 Å². The lowest BCUT2D eigenvalue weighted by Gasteiger charge is -2.34. The van der Waals surface area contributed by atoms with Crippen LogP contribution < -0.4 is 0 Å². The molecule has 20 heavy (non-hydrogen) atoms. The molecule has 5 heteroatoms. The van der Waals surface area contributed by atoms with Crippen molar-refractivity contribution in [2.75, 3.05) is 6.61 Å². The van der Waals surface area contributed by atoms with Crippen LogP contribution in [0.5, 0.6) is 0 Å². The molecule has 2 fully saturated rings. The van der Waals surface area contributed by atoms with Gasteiger partial charge in [-0.3, -0.25) is 0 Å². The number of ether oxygens (including phenoxy) is 4. The predicted octanol–water partition coefficient (Wildman–Crippen LogP) is 1.44. The molecule has 5 nitrogen and oxygen atoms in total. The SMILES string of the molecule is CC1(C)O[C@H]2[C@@H](O)[C@H](OCc3ccccc3)OC[C@H]2O1. The highest BCUT2D eigenvalue weighted by Gasteiger charge is 2.50. The maximum Gasteiger partial charge on any atom is 0.186 e. The van der Waals surface area contributed by atoms with Gasteiger partial charge in [-0.2, -0.15) is 0 Å². The van der Waals surface area contributed by atoms with Crippen molar-refractivity contribution in [2.45, 2.75) is 50.8 Å². The molecule has 1 N–H and O–H groups in total. The van der Waals surface area contributed by atoms with Crippen molar-refractivity contribution in [1.82, 2.24) is 0 Å². The van der Waals surface area contributed by atoms with Crippen molar-refractivity contribution >= 4 is 0 Å². The van der Waals surface area contributed by atoms with Crippen molar-refractivity contribution in [3.8, 4) is 0 Å². The van der Waals surface area contributed by atoms with Gasteiger partial charge in [0.15, 0.2) is 12.1 Å². The molecule has 0 radical (unpaired) electrons. The van der Waals surface area contributed by atoms with Crippen LogP contribution >= 0.6 is 0 Å². The minimum absolute atomic E-state index is 0.239. The Labute approximate surface area is 118 Å². The van der Waals surface area contributed by atoms with Gasteiger partial charge in [-0.25, -0.2) is 0 Å². The monoisotopic (exact) mass is 280 g/mol. The minimum atomic E-state index is -0.848. The third kappa shape index (κ3) is 2.87. The Morgan fingerprint density at radius 3 is 2.75 bits per heavy atom. The molecule has 110 valence electrons. The average molecular weight is 280 g/mol. The summed E-state index contributed by atoms with van der Waals surface area (Å²) in [7, 11) is 0. The van der Waals surface area contributed by atoms with Crippen molar-refractivity contribution < 1.29 is 24.1 Å². The molecule has 2 heterocycles. The fourth-order valence-electron chi connectivity index (χ4n) is 2.62. The van der Waals surface area contributed by atoms with Crippen molar-refractivity contribution in [1.29, 1.82) is 0 Å². The molecule has 0 amide bonds. The lowest BCUT2D eigenvalue weighted by Crippen LogP contribution is -2.52. The smallest absolute Gasteiger partial charge is 0.186 e. The first-order chi connectivity index (χ1) is 9.55. The van der Waals surface area contributed by atoms with E-state index in [0.717, 1.165) is 5.56 Å². The number of hydrogen-bond acceptors (Lipinski definition) is 5. The molecule has 0 saturated carbocycles. The zero-order valence-electron chi connectivity index (χ0n) is 11.7. The van der Waals surface area contributed by atoms with Gasteiger partial charge in [0.1, 0.15) is 18.3 Å². The van der Waals surface area contributed by atoms with E-state index >= 15 is 0 Å². The van der Waals surface area contributed by atoms with Gasteiger partial charge in [-0.15, -0.1) is 0 Å². The molecule has 0 unspecified atom stereocenters. The normalized spacial score (nSPS) is 35.8. The molecule has 3 rings (SSSR count). The van der Waals surface area contributed by atoms with E-state index in [1.165, 1.54) is 0 Å². The van der Waals surface area contributed by atoms with Crippen molar-refractivity contribution in [2.24, 2.45) is 0 Å². The fourth-order valence-corrected chi connectivity index (χ4v) is 2.62. The molecule has 4 atom stereocenters. The van der Waals surface area contributed by atoms with Gasteiger partial charge >= 0.3 is 0 Å². The van der Waals surface area contributed by atoms with E-state index < -0.39 is 24.3 Å². The molecule has 2 saturated heterocycles. The summed E-state index contributed by atoms with van der Waals surface area (Å²) in [4.78, 5) is 0. The van der Waals surface area contributed by atoms with E-state index in [1.807, 2.05) is 44.2 Å². The Kier molecular flexibility index (Phi) is 3.79. The van der Waals surface area contributed by atoms with Crippen molar-refractivity contribution in [3.63, 3.8) is 0 Å². The Balaban J connectivity index is 1.59. The van der Waals surface area contributed by atoms with Crippen molar-refractivity contribution in [3.05, 3.63) is 35.9 Å². The third-order valence-corrected chi connectivity index (χ3v) is 3.52. The molecule has 1 aromatic rings. The molecule has 0 aromatic heterocycles. The van der Waals surface area contributed by atoms with Gasteiger partial charge in [-0.05, 0) is 19.4 Å². The maximum absolute atomic E-state index is 10.3. The molecule has 2 aliphatic heterocycles. The Morgan fingerprint density at radius 2 is 2.00 bits per heavy atom. The van der Waals surface area contributed by atoms with Crippen LogP contribution in [0.15, 0.2) is 30.3 Å². The first kappa shape index (κ1) is 14.0. The summed E-state index contributed by atoms with van der Waals surface area (Å²) in [5, 5.41) is 10.3. The summed E-state index contributed by atoms with van der Waals surface area (Å²) in [6, 6.07) is 9.78. The van der Waals surface area contributed by atoms with E-state index in [1.54, 1.807) is 0 Å². The molecule has 0 bridgehead atoms. The summed E-state index contributed by atoms with van der Waals surface area (Å²) in [6.07, 6.45) is -2.18. The van der Waals surface area contributed by atoms with Gasteiger partial charge in [-0.1, -0.05) is 30.3 Å². The first-order valence-corrected chi connectivity index (χ1v) is 6.86. The molecular formula is C15H20O5. The van der Waals surface area contributed by atoms with Gasteiger partial charge in [0.2, 0.25) is 0 Å². The minimum Gasteiger partial charge on any atom is -0.385 e. The molecule has 1 aromatic carbocycles. The molecule has 0 spiro atoms. The fraction of sp³-hybridized carbons (Fsp3) is 0.600. The summed E-state index contributed by atoms with van der Waals surface area (Å²) in [5.41, 5.74) is 1.04. The number of aliphatic hydroxyl groups is 1. The van der Waals surface area contributed by atoms with E-state index in [2.05, 4.69) is 0 Å². The second-order valence-electron chi connectivity index (χ2n) is 5.63. The van der Waals surface area contributed by atoms with Crippen LogP contribution in [0.4, 0.5) is 0 Å². The summed E-state index contributed by atoms with van der Waals surface area (Å²) < 4.78 is 22.6. The highest BCUT2D eigenvalue weighted by atomic mass is 16.8. The van der Waals surface area contributed by atoms with Gasteiger partial charge < -0.3 is 24.1 Å². The summed E-state index contributed by atoms with van der Waals surface area (Å²) >= 11 is 0. The topological polar surface area (TPSA) is 57.2 Å². The molecule has 2 aliphatic rings. The second-order valence-corrected chi connectivity index (χ2v) is 5.63.